The number of H-pyrrole nitrogens is 1. The maximum absolute atomic E-state index is 4.60. The SMILES string of the molecule is Brc1cccc(-c2ncccn2)n1.c1cnc(-c2cccc(-n3cnc(-c4cccnc4)c3)n2)nc1.c1cncc(-c2cnc[nH]2)c1. The van der Waals surface area contributed by atoms with Crippen LogP contribution in [0.2, 0.25) is 0 Å². The van der Waals surface area contributed by atoms with Crippen molar-refractivity contribution in [2.45, 2.75) is 0 Å². The average Bonchev–Trinajstić information content (AvgIpc) is 3.88. The molecule has 0 aromatic carbocycles. The minimum atomic E-state index is 0.599. The summed E-state index contributed by atoms with van der Waals surface area (Å²) in [4.78, 5) is 44.9. The van der Waals surface area contributed by atoms with E-state index >= 15 is 0 Å². The second kappa shape index (κ2) is 15.6. The van der Waals surface area contributed by atoms with Crippen LogP contribution in [0.3, 0.4) is 0 Å². The van der Waals surface area contributed by atoms with Gasteiger partial charge in [-0.1, -0.05) is 12.1 Å². The van der Waals surface area contributed by atoms with Crippen molar-refractivity contribution >= 4 is 15.9 Å². The van der Waals surface area contributed by atoms with E-state index in [1.54, 1.807) is 80.6 Å². The molecule has 0 amide bonds. The van der Waals surface area contributed by atoms with Crippen molar-refractivity contribution in [2.75, 3.05) is 0 Å². The van der Waals surface area contributed by atoms with E-state index < -0.39 is 0 Å². The molecule has 8 aromatic rings. The Morgan fingerprint density at radius 2 is 1.17 bits per heavy atom. The van der Waals surface area contributed by atoms with E-state index in [0.29, 0.717) is 11.6 Å². The van der Waals surface area contributed by atoms with Gasteiger partial charge in [0.25, 0.3) is 0 Å². The highest BCUT2D eigenvalue weighted by Crippen LogP contribution is 2.19. The molecule has 0 spiro atoms. The number of halogens is 1. The number of nitrogens with one attached hydrogen (secondary N) is 1. The van der Waals surface area contributed by atoms with Crippen LogP contribution in [0, 0.1) is 0 Å². The van der Waals surface area contributed by atoms with Crippen LogP contribution in [0.4, 0.5) is 0 Å². The minimum Gasteiger partial charge on any atom is -0.345 e. The van der Waals surface area contributed by atoms with Gasteiger partial charge in [-0.15, -0.1) is 0 Å². The second-order valence-corrected chi connectivity index (χ2v) is 10.3. The third-order valence-electron chi connectivity index (χ3n) is 6.31. The van der Waals surface area contributed by atoms with Crippen molar-refractivity contribution in [3.8, 4) is 51.4 Å². The van der Waals surface area contributed by atoms with Crippen LogP contribution in [-0.4, -0.2) is 59.4 Å². The summed E-state index contributed by atoms with van der Waals surface area (Å²) in [5.74, 6) is 2.00. The van der Waals surface area contributed by atoms with Crippen LogP contribution in [-0.2, 0) is 0 Å². The van der Waals surface area contributed by atoms with Crippen molar-refractivity contribution in [2.24, 2.45) is 0 Å². The number of aromatic nitrogens is 12. The lowest BCUT2D eigenvalue weighted by atomic mass is 10.2. The van der Waals surface area contributed by atoms with Gasteiger partial charge in [0.05, 0.1) is 23.9 Å². The van der Waals surface area contributed by atoms with Gasteiger partial charge < -0.3 is 4.98 Å². The molecule has 12 nitrogen and oxygen atoms in total. The molecule has 0 aliphatic carbocycles. The fourth-order valence-corrected chi connectivity index (χ4v) is 4.48. The maximum atomic E-state index is 4.60. The Balaban J connectivity index is 0.000000136. The van der Waals surface area contributed by atoms with Crippen molar-refractivity contribution in [3.63, 3.8) is 0 Å². The van der Waals surface area contributed by atoms with E-state index in [9.17, 15) is 0 Å². The third kappa shape index (κ3) is 8.44. The van der Waals surface area contributed by atoms with E-state index in [-0.39, 0.29) is 0 Å². The van der Waals surface area contributed by atoms with Crippen LogP contribution < -0.4 is 0 Å². The molecular formula is C34H25BrN12. The van der Waals surface area contributed by atoms with Gasteiger partial charge >= 0.3 is 0 Å². The molecule has 0 fully saturated rings. The number of nitrogens with zero attached hydrogens (tertiary/aromatic N) is 11. The molecule has 228 valence electrons. The molecule has 8 heterocycles. The molecule has 0 saturated carbocycles. The first kappa shape index (κ1) is 30.7. The molecule has 0 bridgehead atoms. The lowest BCUT2D eigenvalue weighted by molar-refractivity contribution is 0.988. The fourth-order valence-electron chi connectivity index (χ4n) is 4.13. The third-order valence-corrected chi connectivity index (χ3v) is 6.76. The molecule has 13 heteroatoms. The van der Waals surface area contributed by atoms with Gasteiger partial charge in [-0.05, 0) is 76.6 Å². The first-order valence-corrected chi connectivity index (χ1v) is 15.0. The Labute approximate surface area is 278 Å². The van der Waals surface area contributed by atoms with E-state index in [4.69, 9.17) is 0 Å². The van der Waals surface area contributed by atoms with Crippen molar-refractivity contribution < 1.29 is 0 Å². The summed E-state index contributed by atoms with van der Waals surface area (Å²) < 4.78 is 2.66. The lowest BCUT2D eigenvalue weighted by Gasteiger charge is -2.03. The molecule has 0 saturated heterocycles. The number of hydrogen-bond acceptors (Lipinski definition) is 10. The summed E-state index contributed by atoms with van der Waals surface area (Å²) in [6, 6.07) is 22.7. The minimum absolute atomic E-state index is 0.599. The Hall–Kier alpha value is -6.34. The summed E-state index contributed by atoms with van der Waals surface area (Å²) >= 11 is 3.29. The Morgan fingerprint density at radius 3 is 1.77 bits per heavy atom. The van der Waals surface area contributed by atoms with E-state index in [1.165, 1.54) is 0 Å². The fraction of sp³-hybridized carbons (Fsp3) is 0. The van der Waals surface area contributed by atoms with Crippen LogP contribution >= 0.6 is 15.9 Å². The number of imidazole rings is 2. The van der Waals surface area contributed by atoms with Gasteiger partial charge in [-0.3, -0.25) is 14.5 Å². The Bertz CT molecular complexity index is 2090. The molecule has 8 rings (SSSR count). The summed E-state index contributed by atoms with van der Waals surface area (Å²) in [6.07, 6.45) is 21.0. The van der Waals surface area contributed by atoms with Crippen molar-refractivity contribution in [1.82, 2.24) is 59.4 Å². The topological polar surface area (TPSA) is 150 Å². The zero-order valence-electron chi connectivity index (χ0n) is 24.7. The van der Waals surface area contributed by atoms with Gasteiger partial charge in [0, 0.05) is 66.9 Å². The summed E-state index contributed by atoms with van der Waals surface area (Å²) in [5.41, 5.74) is 5.37. The van der Waals surface area contributed by atoms with Gasteiger partial charge in [0.1, 0.15) is 28.1 Å². The zero-order valence-corrected chi connectivity index (χ0v) is 26.2. The van der Waals surface area contributed by atoms with Crippen LogP contribution in [0.15, 0.2) is 152 Å². The Morgan fingerprint density at radius 1 is 0.532 bits per heavy atom. The van der Waals surface area contributed by atoms with Crippen LogP contribution in [0.25, 0.3) is 51.4 Å². The van der Waals surface area contributed by atoms with Crippen LogP contribution in [0.1, 0.15) is 0 Å². The van der Waals surface area contributed by atoms with Crippen LogP contribution in [0.5, 0.6) is 0 Å². The van der Waals surface area contributed by atoms with E-state index in [2.05, 4.69) is 70.8 Å². The summed E-state index contributed by atoms with van der Waals surface area (Å²) in [5, 5.41) is 0. The molecule has 0 aliphatic heterocycles. The molecule has 1 N–H and O–H groups in total. The lowest BCUT2D eigenvalue weighted by Crippen LogP contribution is -1.97. The molecule has 0 aliphatic rings. The molecule has 0 unspecified atom stereocenters. The predicted octanol–water partition coefficient (Wildman–Crippen LogP) is 6.56. The number of pyridine rings is 4. The standard InChI is InChI=1S/C17H12N6.C9H6BrN3.C8H7N3/c1-5-14(17-19-8-3-9-20-17)22-16(6-1)23-11-15(21-12-23)13-4-2-7-18-10-13;10-8-4-1-3-7(13-8)9-11-5-2-6-12-9;1-2-7(4-9-3-1)8-5-10-6-11-8/h1-12H;1-6H;1-6H,(H,10,11). The van der Waals surface area contributed by atoms with Crippen molar-refractivity contribution in [1.29, 1.82) is 0 Å². The van der Waals surface area contributed by atoms with Gasteiger partial charge in [-0.25, -0.2) is 39.9 Å². The maximum Gasteiger partial charge on any atom is 0.178 e. The van der Waals surface area contributed by atoms with Gasteiger partial charge in [0.15, 0.2) is 11.6 Å². The quantitative estimate of drug-likeness (QED) is 0.198. The summed E-state index contributed by atoms with van der Waals surface area (Å²) in [7, 11) is 0. The highest BCUT2D eigenvalue weighted by Gasteiger charge is 2.07. The summed E-state index contributed by atoms with van der Waals surface area (Å²) in [6.45, 7) is 0. The zero-order chi connectivity index (χ0) is 32.1. The highest BCUT2D eigenvalue weighted by atomic mass is 79.9. The van der Waals surface area contributed by atoms with Crippen molar-refractivity contribution in [3.05, 3.63) is 152 Å². The first-order valence-electron chi connectivity index (χ1n) is 14.2. The van der Waals surface area contributed by atoms with E-state index in [1.807, 2.05) is 71.4 Å². The Kier molecular flexibility index (Phi) is 10.2. The molecular weight excluding hydrogens is 656 g/mol. The largest absolute Gasteiger partial charge is 0.345 e. The van der Waals surface area contributed by atoms with Gasteiger partial charge in [-0.2, -0.15) is 0 Å². The average molecular weight is 682 g/mol. The molecule has 8 aromatic heterocycles. The normalized spacial score (nSPS) is 10.2. The predicted molar refractivity (Wildman–Crippen MR) is 180 cm³/mol. The highest BCUT2D eigenvalue weighted by molar-refractivity contribution is 9.10. The molecule has 0 atom stereocenters. The number of hydrogen-bond donors (Lipinski definition) is 1. The molecule has 47 heavy (non-hydrogen) atoms. The first-order chi connectivity index (χ1) is 23.2. The number of rotatable bonds is 5. The molecule has 0 radical (unpaired) electrons. The second-order valence-electron chi connectivity index (χ2n) is 9.49. The van der Waals surface area contributed by atoms with E-state index in [0.717, 1.165) is 44.3 Å². The van der Waals surface area contributed by atoms with Gasteiger partial charge in [0.2, 0.25) is 0 Å². The monoisotopic (exact) mass is 680 g/mol. The number of aromatic amines is 1. The smallest absolute Gasteiger partial charge is 0.178 e.